The smallest absolute Gasteiger partial charge is 0.297 e. The van der Waals surface area contributed by atoms with Crippen LogP contribution < -0.4 is 0 Å². The molecule has 0 spiro atoms. The summed E-state index contributed by atoms with van der Waals surface area (Å²) in [6.45, 7) is 3.26. The third kappa shape index (κ3) is 2.72. The van der Waals surface area contributed by atoms with E-state index in [2.05, 4.69) is 4.18 Å². The van der Waals surface area contributed by atoms with Gasteiger partial charge in [0, 0.05) is 5.56 Å². The van der Waals surface area contributed by atoms with Crippen LogP contribution in [0.1, 0.15) is 17.2 Å². The Morgan fingerprint density at radius 2 is 2.11 bits per heavy atom. The van der Waals surface area contributed by atoms with E-state index >= 15 is 0 Å². The first-order valence-electron chi connectivity index (χ1n) is 5.65. The number of ether oxygens (including phenoxy) is 2. The number of aryl methyl sites for hydroxylation is 1. The molecule has 0 aromatic heterocycles. The fraction of sp³-hybridized carbons (Fsp3) is 0.500. The summed E-state index contributed by atoms with van der Waals surface area (Å²) >= 11 is 0. The SMILES string of the molecule is COS(=O)(=O)c1ccc(C)cc1[C@H]1COCCO1. The van der Waals surface area contributed by atoms with Gasteiger partial charge in [-0.05, 0) is 13.0 Å². The average molecular weight is 272 g/mol. The van der Waals surface area contributed by atoms with Crippen molar-refractivity contribution in [1.29, 1.82) is 0 Å². The summed E-state index contributed by atoms with van der Waals surface area (Å²) in [6.07, 6.45) is -0.362. The van der Waals surface area contributed by atoms with Crippen LogP contribution >= 0.6 is 0 Å². The molecule has 1 aliphatic heterocycles. The molecule has 5 nitrogen and oxygen atoms in total. The summed E-state index contributed by atoms with van der Waals surface area (Å²) in [6, 6.07) is 5.08. The number of hydrogen-bond acceptors (Lipinski definition) is 5. The first-order chi connectivity index (χ1) is 8.54. The highest BCUT2D eigenvalue weighted by Gasteiger charge is 2.26. The van der Waals surface area contributed by atoms with Crippen molar-refractivity contribution in [1.82, 2.24) is 0 Å². The van der Waals surface area contributed by atoms with Gasteiger partial charge in [-0.2, -0.15) is 8.42 Å². The Hall–Kier alpha value is -0.950. The van der Waals surface area contributed by atoms with Crippen molar-refractivity contribution in [2.75, 3.05) is 26.9 Å². The molecule has 1 heterocycles. The molecule has 1 aromatic carbocycles. The van der Waals surface area contributed by atoms with Gasteiger partial charge in [-0.3, -0.25) is 4.18 Å². The van der Waals surface area contributed by atoms with Gasteiger partial charge in [0.05, 0.1) is 31.8 Å². The van der Waals surface area contributed by atoms with Crippen molar-refractivity contribution in [3.8, 4) is 0 Å². The van der Waals surface area contributed by atoms with E-state index in [1.54, 1.807) is 18.2 Å². The third-order valence-electron chi connectivity index (χ3n) is 2.82. The van der Waals surface area contributed by atoms with Gasteiger partial charge in [-0.25, -0.2) is 0 Å². The normalized spacial score (nSPS) is 20.9. The molecule has 0 saturated carbocycles. The van der Waals surface area contributed by atoms with Crippen molar-refractivity contribution >= 4 is 10.1 Å². The van der Waals surface area contributed by atoms with Crippen LogP contribution in [0.15, 0.2) is 23.1 Å². The highest BCUT2D eigenvalue weighted by atomic mass is 32.2. The van der Waals surface area contributed by atoms with Crippen molar-refractivity contribution < 1.29 is 22.1 Å². The Labute approximate surface area is 107 Å². The predicted octanol–water partition coefficient (Wildman–Crippen LogP) is 1.42. The zero-order valence-electron chi connectivity index (χ0n) is 10.4. The van der Waals surface area contributed by atoms with Crippen LogP contribution in [0.5, 0.6) is 0 Å². The fourth-order valence-corrected chi connectivity index (χ4v) is 2.80. The number of benzene rings is 1. The van der Waals surface area contributed by atoms with Crippen LogP contribution in [0.25, 0.3) is 0 Å². The largest absolute Gasteiger partial charge is 0.376 e. The van der Waals surface area contributed by atoms with Crippen LogP contribution in [-0.2, 0) is 23.8 Å². The van der Waals surface area contributed by atoms with Gasteiger partial charge in [-0.1, -0.05) is 17.7 Å². The van der Waals surface area contributed by atoms with E-state index in [9.17, 15) is 8.42 Å². The molecule has 100 valence electrons. The lowest BCUT2D eigenvalue weighted by atomic mass is 10.1. The molecule has 18 heavy (non-hydrogen) atoms. The molecule has 0 bridgehead atoms. The van der Waals surface area contributed by atoms with E-state index in [1.807, 2.05) is 6.92 Å². The minimum atomic E-state index is -3.73. The summed E-state index contributed by atoms with van der Waals surface area (Å²) in [5, 5.41) is 0. The molecule has 2 rings (SSSR count). The van der Waals surface area contributed by atoms with Crippen molar-refractivity contribution in [2.45, 2.75) is 17.9 Å². The van der Waals surface area contributed by atoms with Crippen LogP contribution in [0, 0.1) is 6.92 Å². The van der Waals surface area contributed by atoms with Gasteiger partial charge in [0.1, 0.15) is 6.10 Å². The molecule has 0 unspecified atom stereocenters. The molecular weight excluding hydrogens is 256 g/mol. The second kappa shape index (κ2) is 5.36. The zero-order valence-corrected chi connectivity index (χ0v) is 11.2. The topological polar surface area (TPSA) is 61.8 Å². The van der Waals surface area contributed by atoms with Crippen LogP contribution in [0.3, 0.4) is 0 Å². The first-order valence-corrected chi connectivity index (χ1v) is 7.06. The Morgan fingerprint density at radius 3 is 2.72 bits per heavy atom. The second-order valence-corrected chi connectivity index (χ2v) is 5.78. The van der Waals surface area contributed by atoms with Crippen LogP contribution in [0.2, 0.25) is 0 Å². The van der Waals surface area contributed by atoms with Gasteiger partial charge < -0.3 is 9.47 Å². The van der Waals surface area contributed by atoms with E-state index in [-0.39, 0.29) is 11.0 Å². The first kappa shape index (κ1) is 13.5. The molecule has 0 N–H and O–H groups in total. The highest BCUT2D eigenvalue weighted by molar-refractivity contribution is 7.86. The minimum absolute atomic E-state index is 0.145. The maximum atomic E-state index is 11.9. The predicted molar refractivity (Wildman–Crippen MR) is 64.9 cm³/mol. The molecule has 1 aromatic rings. The number of hydrogen-bond donors (Lipinski definition) is 0. The van der Waals surface area contributed by atoms with Gasteiger partial charge in [-0.15, -0.1) is 0 Å². The molecule has 1 saturated heterocycles. The lowest BCUT2D eigenvalue weighted by molar-refractivity contribution is -0.0912. The highest BCUT2D eigenvalue weighted by Crippen LogP contribution is 2.29. The molecule has 0 aliphatic carbocycles. The lowest BCUT2D eigenvalue weighted by Gasteiger charge is -2.25. The summed E-state index contributed by atoms with van der Waals surface area (Å²) in [7, 11) is -2.58. The maximum Gasteiger partial charge on any atom is 0.297 e. The molecule has 1 fully saturated rings. The van der Waals surface area contributed by atoms with Gasteiger partial charge >= 0.3 is 0 Å². The second-order valence-electron chi connectivity index (χ2n) is 4.10. The zero-order chi connectivity index (χ0) is 13.2. The van der Waals surface area contributed by atoms with Crippen molar-refractivity contribution in [3.63, 3.8) is 0 Å². The van der Waals surface area contributed by atoms with Gasteiger partial charge in [0.25, 0.3) is 10.1 Å². The molecule has 6 heteroatoms. The van der Waals surface area contributed by atoms with Crippen molar-refractivity contribution in [2.24, 2.45) is 0 Å². The van der Waals surface area contributed by atoms with Crippen LogP contribution in [-0.4, -0.2) is 35.3 Å². The van der Waals surface area contributed by atoms with E-state index in [1.165, 1.54) is 0 Å². The summed E-state index contributed by atoms with van der Waals surface area (Å²) < 4.78 is 39.2. The Morgan fingerprint density at radius 1 is 1.33 bits per heavy atom. The fourth-order valence-electron chi connectivity index (χ4n) is 1.90. The Bertz CT molecular complexity index is 517. The van der Waals surface area contributed by atoms with E-state index in [4.69, 9.17) is 9.47 Å². The standard InChI is InChI=1S/C12H16O5S/c1-9-3-4-12(18(13,14)15-2)10(7-9)11-8-16-5-6-17-11/h3-4,7,11H,5-6,8H2,1-2H3/t11-/m1/s1. The van der Waals surface area contributed by atoms with Crippen molar-refractivity contribution in [3.05, 3.63) is 29.3 Å². The average Bonchev–Trinajstić information content (AvgIpc) is 2.39. The molecular formula is C12H16O5S. The molecule has 1 atom stereocenters. The molecule has 0 radical (unpaired) electrons. The number of rotatable bonds is 3. The Kier molecular flexibility index (Phi) is 4.01. The quantitative estimate of drug-likeness (QED) is 0.779. The minimum Gasteiger partial charge on any atom is -0.376 e. The van der Waals surface area contributed by atoms with Crippen LogP contribution in [0.4, 0.5) is 0 Å². The summed E-state index contributed by atoms with van der Waals surface area (Å²) in [4.78, 5) is 0.145. The molecule has 0 amide bonds. The van der Waals surface area contributed by atoms with E-state index in [0.717, 1.165) is 12.7 Å². The summed E-state index contributed by atoms with van der Waals surface area (Å²) in [5.74, 6) is 0. The van der Waals surface area contributed by atoms with E-state index in [0.29, 0.717) is 25.4 Å². The molecule has 1 aliphatic rings. The lowest BCUT2D eigenvalue weighted by Crippen LogP contribution is -2.23. The maximum absolute atomic E-state index is 11.9. The van der Waals surface area contributed by atoms with Gasteiger partial charge in [0.15, 0.2) is 0 Å². The Balaban J connectivity index is 2.46. The van der Waals surface area contributed by atoms with E-state index < -0.39 is 10.1 Å². The summed E-state index contributed by atoms with van der Waals surface area (Å²) in [5.41, 5.74) is 1.56. The monoisotopic (exact) mass is 272 g/mol. The third-order valence-corrected chi connectivity index (χ3v) is 4.17. The van der Waals surface area contributed by atoms with Gasteiger partial charge in [0.2, 0.25) is 0 Å².